The third-order valence-corrected chi connectivity index (χ3v) is 3.57. The molecular formula is C14H20F2N2. The molecule has 0 radical (unpaired) electrons. The van der Waals surface area contributed by atoms with E-state index in [0.29, 0.717) is 18.6 Å². The molecule has 4 heteroatoms. The van der Waals surface area contributed by atoms with E-state index in [1.165, 1.54) is 6.07 Å². The number of rotatable bonds is 4. The number of hydrogen-bond acceptors (Lipinski definition) is 2. The van der Waals surface area contributed by atoms with Gasteiger partial charge in [-0.15, -0.1) is 0 Å². The van der Waals surface area contributed by atoms with Crippen molar-refractivity contribution in [2.45, 2.75) is 50.7 Å². The molecule has 1 aromatic rings. The van der Waals surface area contributed by atoms with E-state index in [0.717, 1.165) is 31.2 Å². The van der Waals surface area contributed by atoms with Crippen molar-refractivity contribution >= 4 is 0 Å². The summed E-state index contributed by atoms with van der Waals surface area (Å²) >= 11 is 0. The Morgan fingerprint density at radius 2 is 1.94 bits per heavy atom. The second-order valence-electron chi connectivity index (χ2n) is 5.04. The van der Waals surface area contributed by atoms with Crippen LogP contribution in [0.1, 0.15) is 43.2 Å². The Bertz CT molecular complexity index is 374. The lowest BCUT2D eigenvalue weighted by Crippen LogP contribution is -2.37. The van der Waals surface area contributed by atoms with E-state index < -0.39 is 6.43 Å². The average molecular weight is 254 g/mol. The summed E-state index contributed by atoms with van der Waals surface area (Å²) in [7, 11) is 0. The van der Waals surface area contributed by atoms with Gasteiger partial charge in [-0.05, 0) is 37.3 Å². The van der Waals surface area contributed by atoms with Crippen molar-refractivity contribution in [3.63, 3.8) is 0 Å². The normalized spacial score (nSPS) is 24.4. The Morgan fingerprint density at radius 3 is 2.61 bits per heavy atom. The van der Waals surface area contributed by atoms with E-state index in [1.807, 2.05) is 6.07 Å². The van der Waals surface area contributed by atoms with Crippen LogP contribution in [-0.2, 0) is 6.54 Å². The van der Waals surface area contributed by atoms with E-state index >= 15 is 0 Å². The average Bonchev–Trinajstić information content (AvgIpc) is 2.38. The standard InChI is InChI=1S/C14H20F2N2/c15-14(16)11-3-1-2-10(8-11)9-18-13-6-4-12(17)5-7-13/h1-3,8,12-14,18H,4-7,9,17H2. The third kappa shape index (κ3) is 3.75. The van der Waals surface area contributed by atoms with Crippen LogP contribution in [0.15, 0.2) is 24.3 Å². The van der Waals surface area contributed by atoms with E-state index in [4.69, 9.17) is 5.73 Å². The van der Waals surface area contributed by atoms with Crippen molar-refractivity contribution in [2.24, 2.45) is 5.73 Å². The van der Waals surface area contributed by atoms with Crippen molar-refractivity contribution < 1.29 is 8.78 Å². The van der Waals surface area contributed by atoms with Gasteiger partial charge in [-0.2, -0.15) is 0 Å². The zero-order chi connectivity index (χ0) is 13.0. The second kappa shape index (κ2) is 6.25. The molecule has 0 saturated heterocycles. The molecule has 18 heavy (non-hydrogen) atoms. The summed E-state index contributed by atoms with van der Waals surface area (Å²) in [5.41, 5.74) is 6.86. The van der Waals surface area contributed by atoms with Gasteiger partial charge in [0.15, 0.2) is 0 Å². The molecular weight excluding hydrogens is 234 g/mol. The van der Waals surface area contributed by atoms with Crippen LogP contribution in [0.2, 0.25) is 0 Å². The molecule has 3 N–H and O–H groups in total. The topological polar surface area (TPSA) is 38.0 Å². The third-order valence-electron chi connectivity index (χ3n) is 3.57. The van der Waals surface area contributed by atoms with Crippen LogP contribution in [-0.4, -0.2) is 12.1 Å². The van der Waals surface area contributed by atoms with Crippen LogP contribution in [0.25, 0.3) is 0 Å². The summed E-state index contributed by atoms with van der Waals surface area (Å²) in [4.78, 5) is 0. The van der Waals surface area contributed by atoms with Crippen LogP contribution in [0.3, 0.4) is 0 Å². The number of benzene rings is 1. The fourth-order valence-corrected chi connectivity index (χ4v) is 2.42. The van der Waals surface area contributed by atoms with Gasteiger partial charge in [0.05, 0.1) is 0 Å². The molecule has 0 aromatic heterocycles. The minimum atomic E-state index is -2.39. The first-order valence-electron chi connectivity index (χ1n) is 6.51. The van der Waals surface area contributed by atoms with Gasteiger partial charge in [0, 0.05) is 24.2 Å². The zero-order valence-electron chi connectivity index (χ0n) is 10.4. The lowest BCUT2D eigenvalue weighted by Gasteiger charge is -2.27. The fourth-order valence-electron chi connectivity index (χ4n) is 2.42. The number of hydrogen-bond donors (Lipinski definition) is 2. The molecule has 1 aliphatic carbocycles. The predicted octanol–water partition coefficient (Wildman–Crippen LogP) is 2.98. The summed E-state index contributed by atoms with van der Waals surface area (Å²) in [6.45, 7) is 0.653. The maximum atomic E-state index is 12.6. The van der Waals surface area contributed by atoms with Gasteiger partial charge in [-0.1, -0.05) is 18.2 Å². The van der Waals surface area contributed by atoms with E-state index in [1.54, 1.807) is 12.1 Å². The van der Waals surface area contributed by atoms with E-state index in [-0.39, 0.29) is 5.56 Å². The summed E-state index contributed by atoms with van der Waals surface area (Å²) in [6, 6.07) is 7.42. The Kier molecular flexibility index (Phi) is 4.66. The summed E-state index contributed by atoms with van der Waals surface area (Å²) in [6.07, 6.45) is 1.87. The molecule has 0 aliphatic heterocycles. The van der Waals surface area contributed by atoms with E-state index in [9.17, 15) is 8.78 Å². The van der Waals surface area contributed by atoms with Crippen LogP contribution < -0.4 is 11.1 Å². The summed E-state index contributed by atoms with van der Waals surface area (Å²) < 4.78 is 25.1. The Labute approximate surface area is 107 Å². The maximum Gasteiger partial charge on any atom is 0.263 e. The van der Waals surface area contributed by atoms with Gasteiger partial charge in [-0.25, -0.2) is 8.78 Å². The van der Waals surface area contributed by atoms with Crippen molar-refractivity contribution in [1.29, 1.82) is 0 Å². The zero-order valence-corrected chi connectivity index (χ0v) is 10.4. The van der Waals surface area contributed by atoms with Gasteiger partial charge in [0.1, 0.15) is 0 Å². The van der Waals surface area contributed by atoms with Crippen molar-refractivity contribution in [3.05, 3.63) is 35.4 Å². The fraction of sp³-hybridized carbons (Fsp3) is 0.571. The Morgan fingerprint density at radius 1 is 1.22 bits per heavy atom. The highest BCUT2D eigenvalue weighted by atomic mass is 19.3. The van der Waals surface area contributed by atoms with Gasteiger partial charge in [-0.3, -0.25) is 0 Å². The predicted molar refractivity (Wildman–Crippen MR) is 68.5 cm³/mol. The van der Waals surface area contributed by atoms with Gasteiger partial charge in [0.25, 0.3) is 6.43 Å². The smallest absolute Gasteiger partial charge is 0.263 e. The molecule has 1 aliphatic rings. The highest BCUT2D eigenvalue weighted by molar-refractivity contribution is 5.24. The van der Waals surface area contributed by atoms with Crippen LogP contribution >= 0.6 is 0 Å². The molecule has 0 amide bonds. The first kappa shape index (κ1) is 13.4. The molecule has 0 bridgehead atoms. The number of alkyl halides is 2. The molecule has 1 aromatic carbocycles. The van der Waals surface area contributed by atoms with Crippen molar-refractivity contribution in [2.75, 3.05) is 0 Å². The summed E-state index contributed by atoms with van der Waals surface area (Å²) in [5, 5.41) is 3.42. The van der Waals surface area contributed by atoms with Crippen LogP contribution in [0.5, 0.6) is 0 Å². The first-order chi connectivity index (χ1) is 8.65. The van der Waals surface area contributed by atoms with Crippen molar-refractivity contribution in [3.8, 4) is 0 Å². The van der Waals surface area contributed by atoms with Gasteiger partial charge < -0.3 is 11.1 Å². The second-order valence-corrected chi connectivity index (χ2v) is 5.04. The number of halogens is 2. The quantitative estimate of drug-likeness (QED) is 0.867. The monoisotopic (exact) mass is 254 g/mol. The van der Waals surface area contributed by atoms with Crippen molar-refractivity contribution in [1.82, 2.24) is 5.32 Å². The minimum Gasteiger partial charge on any atom is -0.328 e. The van der Waals surface area contributed by atoms with Crippen LogP contribution in [0.4, 0.5) is 8.78 Å². The molecule has 0 unspecified atom stereocenters. The lowest BCUT2D eigenvalue weighted by atomic mass is 9.92. The molecule has 2 nitrogen and oxygen atoms in total. The molecule has 0 atom stereocenters. The Hall–Kier alpha value is -1.00. The number of nitrogens with one attached hydrogen (secondary N) is 1. The summed E-state index contributed by atoms with van der Waals surface area (Å²) in [5.74, 6) is 0. The largest absolute Gasteiger partial charge is 0.328 e. The minimum absolute atomic E-state index is 0.0972. The van der Waals surface area contributed by atoms with Gasteiger partial charge >= 0.3 is 0 Å². The van der Waals surface area contributed by atoms with Gasteiger partial charge in [0.2, 0.25) is 0 Å². The number of nitrogens with two attached hydrogens (primary N) is 1. The molecule has 0 spiro atoms. The molecule has 100 valence electrons. The first-order valence-corrected chi connectivity index (χ1v) is 6.51. The van der Waals surface area contributed by atoms with Crippen LogP contribution in [0, 0.1) is 0 Å². The lowest BCUT2D eigenvalue weighted by molar-refractivity contribution is 0.151. The molecule has 1 fully saturated rings. The SMILES string of the molecule is NC1CCC(NCc2cccc(C(F)F)c2)CC1. The Balaban J connectivity index is 1.84. The highest BCUT2D eigenvalue weighted by Crippen LogP contribution is 2.20. The molecule has 0 heterocycles. The molecule has 1 saturated carbocycles. The highest BCUT2D eigenvalue weighted by Gasteiger charge is 2.17. The maximum absolute atomic E-state index is 12.6. The van der Waals surface area contributed by atoms with E-state index in [2.05, 4.69) is 5.32 Å². The molecule has 2 rings (SSSR count).